The van der Waals surface area contributed by atoms with Crippen molar-refractivity contribution in [3.63, 3.8) is 0 Å². The van der Waals surface area contributed by atoms with E-state index in [0.29, 0.717) is 5.56 Å². The monoisotopic (exact) mass is 187 g/mol. The van der Waals surface area contributed by atoms with Gasteiger partial charge in [0.2, 0.25) is 0 Å². The first kappa shape index (κ1) is 9.96. The van der Waals surface area contributed by atoms with Gasteiger partial charge in [-0.15, -0.1) is 0 Å². The van der Waals surface area contributed by atoms with Crippen LogP contribution in [0, 0.1) is 11.3 Å². The van der Waals surface area contributed by atoms with Crippen LogP contribution in [0.3, 0.4) is 0 Å². The maximum absolute atomic E-state index is 10.7. The van der Waals surface area contributed by atoms with Gasteiger partial charge in [-0.1, -0.05) is 12.1 Å². The van der Waals surface area contributed by atoms with Crippen LogP contribution in [0.25, 0.3) is 6.08 Å². The molecule has 4 heteroatoms. The van der Waals surface area contributed by atoms with Crippen molar-refractivity contribution in [2.45, 2.75) is 0 Å². The van der Waals surface area contributed by atoms with Crippen LogP contribution < -0.4 is 11.3 Å². The summed E-state index contributed by atoms with van der Waals surface area (Å²) in [7, 11) is 0. The molecule has 0 radical (unpaired) electrons. The van der Waals surface area contributed by atoms with Gasteiger partial charge < -0.3 is 0 Å². The minimum Gasteiger partial charge on any atom is -0.291 e. The third-order valence-corrected chi connectivity index (χ3v) is 1.61. The number of nitrogens with two attached hydrogens (primary N) is 1. The van der Waals surface area contributed by atoms with Crippen molar-refractivity contribution >= 4 is 12.0 Å². The van der Waals surface area contributed by atoms with E-state index in [-0.39, 0.29) is 5.91 Å². The third-order valence-electron chi connectivity index (χ3n) is 1.61. The summed E-state index contributed by atoms with van der Waals surface area (Å²) in [4.78, 5) is 10.7. The van der Waals surface area contributed by atoms with Crippen LogP contribution in [0.1, 0.15) is 11.1 Å². The summed E-state index contributed by atoms with van der Waals surface area (Å²) in [6.07, 6.45) is 2.94. The predicted octanol–water partition coefficient (Wildman–Crippen LogP) is 0.561. The van der Waals surface area contributed by atoms with Crippen molar-refractivity contribution in [2.75, 3.05) is 0 Å². The van der Waals surface area contributed by atoms with E-state index >= 15 is 0 Å². The summed E-state index contributed by atoms with van der Waals surface area (Å²) in [5.41, 5.74) is 3.41. The van der Waals surface area contributed by atoms with Gasteiger partial charge in [-0.3, -0.25) is 10.2 Å². The minimum atomic E-state index is -0.366. The highest BCUT2D eigenvalue weighted by molar-refractivity contribution is 5.91. The highest BCUT2D eigenvalue weighted by Crippen LogP contribution is 2.04. The molecule has 1 aromatic carbocycles. The quantitative estimate of drug-likeness (QED) is 0.307. The van der Waals surface area contributed by atoms with Gasteiger partial charge in [0.25, 0.3) is 5.91 Å². The number of benzene rings is 1. The van der Waals surface area contributed by atoms with Crippen LogP contribution >= 0.6 is 0 Å². The number of carbonyl (C=O) groups excluding carboxylic acids is 1. The zero-order chi connectivity index (χ0) is 10.4. The number of carbonyl (C=O) groups is 1. The lowest BCUT2D eigenvalue weighted by atomic mass is 10.1. The van der Waals surface area contributed by atoms with E-state index in [4.69, 9.17) is 11.1 Å². The normalized spacial score (nSPS) is 9.71. The molecule has 0 aliphatic rings. The maximum Gasteiger partial charge on any atom is 0.257 e. The molecule has 0 bridgehead atoms. The Balaban J connectivity index is 2.74. The van der Waals surface area contributed by atoms with Gasteiger partial charge >= 0.3 is 0 Å². The van der Waals surface area contributed by atoms with Crippen LogP contribution in [0.4, 0.5) is 0 Å². The lowest BCUT2D eigenvalue weighted by molar-refractivity contribution is -0.116. The molecule has 0 aliphatic heterocycles. The molecule has 70 valence electrons. The van der Waals surface area contributed by atoms with Crippen molar-refractivity contribution in [1.29, 1.82) is 5.26 Å². The summed E-state index contributed by atoms with van der Waals surface area (Å²) < 4.78 is 0. The van der Waals surface area contributed by atoms with Crippen molar-refractivity contribution in [1.82, 2.24) is 5.43 Å². The molecule has 3 N–H and O–H groups in total. The van der Waals surface area contributed by atoms with Crippen LogP contribution in [0.2, 0.25) is 0 Å². The SMILES string of the molecule is N#Cc1ccc(/C=C/C(=O)NN)cc1. The highest BCUT2D eigenvalue weighted by atomic mass is 16.2. The Hall–Kier alpha value is -2.12. The lowest BCUT2D eigenvalue weighted by Gasteiger charge is -1.93. The van der Waals surface area contributed by atoms with E-state index in [1.807, 2.05) is 11.5 Å². The Morgan fingerprint density at radius 3 is 2.57 bits per heavy atom. The average molecular weight is 187 g/mol. The van der Waals surface area contributed by atoms with Gasteiger partial charge in [-0.2, -0.15) is 5.26 Å². The van der Waals surface area contributed by atoms with E-state index in [9.17, 15) is 4.79 Å². The fourth-order valence-electron chi connectivity index (χ4n) is 0.889. The molecular formula is C10H9N3O. The van der Waals surface area contributed by atoms with E-state index in [1.165, 1.54) is 6.08 Å². The van der Waals surface area contributed by atoms with Crippen molar-refractivity contribution in [2.24, 2.45) is 5.84 Å². The first-order valence-corrected chi connectivity index (χ1v) is 3.95. The van der Waals surface area contributed by atoms with Crippen LogP contribution in [0.5, 0.6) is 0 Å². The van der Waals surface area contributed by atoms with Gasteiger partial charge in [0, 0.05) is 6.08 Å². The number of nitrogens with zero attached hydrogens (tertiary/aromatic N) is 1. The van der Waals surface area contributed by atoms with Crippen LogP contribution in [-0.4, -0.2) is 5.91 Å². The topological polar surface area (TPSA) is 78.9 Å². The van der Waals surface area contributed by atoms with Gasteiger partial charge in [0.05, 0.1) is 11.6 Å². The molecule has 1 amide bonds. The second kappa shape index (κ2) is 4.80. The fourth-order valence-corrected chi connectivity index (χ4v) is 0.889. The van der Waals surface area contributed by atoms with Gasteiger partial charge in [-0.25, -0.2) is 5.84 Å². The Morgan fingerprint density at radius 1 is 1.43 bits per heavy atom. The van der Waals surface area contributed by atoms with E-state index in [1.54, 1.807) is 30.3 Å². The largest absolute Gasteiger partial charge is 0.291 e. The van der Waals surface area contributed by atoms with Crippen molar-refractivity contribution in [3.05, 3.63) is 41.5 Å². The summed E-state index contributed by atoms with van der Waals surface area (Å²) in [6.45, 7) is 0. The second-order valence-electron chi connectivity index (χ2n) is 2.58. The summed E-state index contributed by atoms with van der Waals surface area (Å²) in [6, 6.07) is 8.87. The fraction of sp³-hybridized carbons (Fsp3) is 0. The number of amides is 1. The van der Waals surface area contributed by atoms with Crippen LogP contribution in [-0.2, 0) is 4.79 Å². The van der Waals surface area contributed by atoms with Gasteiger partial charge in [0.1, 0.15) is 0 Å². The molecule has 0 atom stereocenters. The number of nitriles is 1. The molecule has 0 aliphatic carbocycles. The zero-order valence-corrected chi connectivity index (χ0v) is 7.40. The minimum absolute atomic E-state index is 0.366. The van der Waals surface area contributed by atoms with E-state index in [2.05, 4.69) is 0 Å². The molecule has 0 spiro atoms. The molecule has 0 saturated carbocycles. The Labute approximate surface area is 81.6 Å². The van der Waals surface area contributed by atoms with Crippen molar-refractivity contribution < 1.29 is 4.79 Å². The van der Waals surface area contributed by atoms with Gasteiger partial charge in [-0.05, 0) is 23.8 Å². The molecular weight excluding hydrogens is 178 g/mol. The predicted molar refractivity (Wildman–Crippen MR) is 52.5 cm³/mol. The Bertz CT molecular complexity index is 387. The van der Waals surface area contributed by atoms with Crippen molar-refractivity contribution in [3.8, 4) is 6.07 Å². The molecule has 1 rings (SSSR count). The lowest BCUT2D eigenvalue weighted by Crippen LogP contribution is -2.27. The first-order valence-electron chi connectivity index (χ1n) is 3.95. The number of rotatable bonds is 2. The zero-order valence-electron chi connectivity index (χ0n) is 7.40. The molecule has 14 heavy (non-hydrogen) atoms. The molecule has 4 nitrogen and oxygen atoms in total. The molecule has 0 aromatic heterocycles. The highest BCUT2D eigenvalue weighted by Gasteiger charge is 1.91. The van der Waals surface area contributed by atoms with E-state index in [0.717, 1.165) is 5.56 Å². The standard InChI is InChI=1S/C10H9N3O/c11-7-9-3-1-8(2-4-9)5-6-10(14)13-12/h1-6H,12H2,(H,13,14)/b6-5+. The molecule has 0 heterocycles. The molecule has 0 saturated heterocycles. The third kappa shape index (κ3) is 2.73. The Kier molecular flexibility index (Phi) is 3.41. The summed E-state index contributed by atoms with van der Waals surface area (Å²) >= 11 is 0. The average Bonchev–Trinajstić information content (AvgIpc) is 2.26. The number of hydrazine groups is 1. The Morgan fingerprint density at radius 2 is 2.07 bits per heavy atom. The van der Waals surface area contributed by atoms with Crippen LogP contribution in [0.15, 0.2) is 30.3 Å². The summed E-state index contributed by atoms with van der Waals surface area (Å²) in [5.74, 6) is 4.52. The number of hydrogen-bond donors (Lipinski definition) is 2. The maximum atomic E-state index is 10.7. The molecule has 1 aromatic rings. The molecule has 0 fully saturated rings. The number of nitrogens with one attached hydrogen (secondary N) is 1. The van der Waals surface area contributed by atoms with Gasteiger partial charge in [0.15, 0.2) is 0 Å². The smallest absolute Gasteiger partial charge is 0.257 e. The first-order chi connectivity index (χ1) is 6.76. The number of hydrogen-bond acceptors (Lipinski definition) is 3. The van der Waals surface area contributed by atoms with E-state index < -0.39 is 0 Å². The second-order valence-corrected chi connectivity index (χ2v) is 2.58. The summed E-state index contributed by atoms with van der Waals surface area (Å²) in [5, 5.41) is 8.54. The molecule has 0 unspecified atom stereocenters.